The molecule has 21 heavy (non-hydrogen) atoms. The maximum Gasteiger partial charge on any atom is 0.241 e. The number of anilines is 1. The highest BCUT2D eigenvalue weighted by atomic mass is 35.5. The van der Waals surface area contributed by atoms with Crippen molar-refractivity contribution < 1.29 is 9.35 Å². The van der Waals surface area contributed by atoms with Crippen LogP contribution in [-0.2, 0) is 16.0 Å². The molecular weight excluding hydrogens is 308 g/mol. The Hall–Kier alpha value is -1.53. The van der Waals surface area contributed by atoms with E-state index in [2.05, 4.69) is 5.32 Å². The summed E-state index contributed by atoms with van der Waals surface area (Å²) < 4.78 is 12.5. The molecule has 0 saturated carbocycles. The van der Waals surface area contributed by atoms with E-state index in [-0.39, 0.29) is 5.91 Å². The minimum Gasteiger partial charge on any atom is -0.606 e. The molecule has 2 aromatic carbocycles. The Kier molecular flexibility index (Phi) is 5.25. The van der Waals surface area contributed by atoms with E-state index >= 15 is 0 Å². The Morgan fingerprint density at radius 2 is 1.90 bits per heavy atom. The van der Waals surface area contributed by atoms with E-state index in [4.69, 9.17) is 17.3 Å². The van der Waals surface area contributed by atoms with Crippen molar-refractivity contribution >= 4 is 34.4 Å². The molecule has 1 amide bonds. The molecule has 2 rings (SSSR count). The number of hydrogen-bond acceptors (Lipinski definition) is 3. The Balaban J connectivity index is 2.20. The van der Waals surface area contributed by atoms with Crippen LogP contribution in [0.15, 0.2) is 58.3 Å². The molecule has 2 aromatic rings. The SMILES string of the molecule is CC(N)C(=O)Nc1cccc([S+]([O-])c2ccc(Cl)cc2)c1. The topological polar surface area (TPSA) is 78.2 Å². The molecule has 0 spiro atoms. The van der Waals surface area contributed by atoms with Crippen LogP contribution in [0.2, 0.25) is 5.02 Å². The molecule has 2 unspecified atom stereocenters. The van der Waals surface area contributed by atoms with Gasteiger partial charge in [0.1, 0.15) is 0 Å². The van der Waals surface area contributed by atoms with E-state index in [1.165, 1.54) is 0 Å². The van der Waals surface area contributed by atoms with Gasteiger partial charge in [-0.2, -0.15) is 0 Å². The van der Waals surface area contributed by atoms with Gasteiger partial charge in [-0.3, -0.25) is 4.79 Å². The number of halogens is 1. The first-order valence-electron chi connectivity index (χ1n) is 6.31. The van der Waals surface area contributed by atoms with E-state index in [0.29, 0.717) is 20.5 Å². The summed E-state index contributed by atoms with van der Waals surface area (Å²) in [7, 11) is 0. The van der Waals surface area contributed by atoms with Crippen LogP contribution < -0.4 is 11.1 Å². The number of amides is 1. The van der Waals surface area contributed by atoms with Gasteiger partial charge in [-0.25, -0.2) is 0 Å². The minimum absolute atomic E-state index is 0.288. The van der Waals surface area contributed by atoms with Crippen molar-refractivity contribution in [2.75, 3.05) is 5.32 Å². The van der Waals surface area contributed by atoms with Crippen LogP contribution in [0.3, 0.4) is 0 Å². The van der Waals surface area contributed by atoms with Crippen molar-refractivity contribution in [2.24, 2.45) is 5.73 Å². The van der Waals surface area contributed by atoms with Crippen LogP contribution >= 0.6 is 11.6 Å². The third kappa shape index (κ3) is 4.22. The van der Waals surface area contributed by atoms with E-state index in [1.807, 2.05) is 0 Å². The summed E-state index contributed by atoms with van der Waals surface area (Å²) in [5.41, 5.74) is 6.07. The Bertz CT molecular complexity index is 632. The van der Waals surface area contributed by atoms with Gasteiger partial charge in [-0.05, 0) is 43.3 Å². The second kappa shape index (κ2) is 6.95. The number of carbonyl (C=O) groups excluding carboxylic acids is 1. The molecule has 2 atom stereocenters. The van der Waals surface area contributed by atoms with Crippen molar-refractivity contribution in [1.29, 1.82) is 0 Å². The van der Waals surface area contributed by atoms with Gasteiger partial charge in [0.15, 0.2) is 9.79 Å². The van der Waals surface area contributed by atoms with Crippen molar-refractivity contribution in [3.8, 4) is 0 Å². The monoisotopic (exact) mass is 322 g/mol. The molecule has 0 fully saturated rings. The molecule has 6 heteroatoms. The third-order valence-corrected chi connectivity index (χ3v) is 4.39. The fourth-order valence-electron chi connectivity index (χ4n) is 1.64. The average Bonchev–Trinajstić information content (AvgIpc) is 2.47. The fourth-order valence-corrected chi connectivity index (χ4v) is 2.86. The Labute approximate surface area is 131 Å². The maximum atomic E-state index is 12.5. The average molecular weight is 323 g/mol. The van der Waals surface area contributed by atoms with Crippen LogP contribution in [-0.4, -0.2) is 16.5 Å². The zero-order valence-electron chi connectivity index (χ0n) is 11.4. The van der Waals surface area contributed by atoms with Crippen LogP contribution in [0.1, 0.15) is 6.92 Å². The number of nitrogens with one attached hydrogen (secondary N) is 1. The molecule has 4 nitrogen and oxygen atoms in total. The van der Waals surface area contributed by atoms with Gasteiger partial charge < -0.3 is 15.6 Å². The number of nitrogens with two attached hydrogens (primary N) is 1. The summed E-state index contributed by atoms with van der Waals surface area (Å²) in [5.74, 6) is -0.288. The lowest BCUT2D eigenvalue weighted by molar-refractivity contribution is -0.117. The van der Waals surface area contributed by atoms with Crippen molar-refractivity contribution in [1.82, 2.24) is 0 Å². The van der Waals surface area contributed by atoms with Crippen LogP contribution in [0.5, 0.6) is 0 Å². The Morgan fingerprint density at radius 1 is 1.24 bits per heavy atom. The molecule has 0 radical (unpaired) electrons. The number of benzene rings is 2. The first kappa shape index (κ1) is 15.9. The normalized spacial score (nSPS) is 13.5. The van der Waals surface area contributed by atoms with Gasteiger partial charge >= 0.3 is 0 Å². The predicted octanol–water partition coefficient (Wildman–Crippen LogP) is 2.79. The second-order valence-electron chi connectivity index (χ2n) is 4.53. The van der Waals surface area contributed by atoms with E-state index in [9.17, 15) is 9.35 Å². The highest BCUT2D eigenvalue weighted by Gasteiger charge is 2.16. The Morgan fingerprint density at radius 3 is 2.52 bits per heavy atom. The van der Waals surface area contributed by atoms with Crippen molar-refractivity contribution in [3.05, 3.63) is 53.6 Å². The fraction of sp³-hybridized carbons (Fsp3) is 0.133. The molecule has 0 saturated heterocycles. The highest BCUT2D eigenvalue weighted by Crippen LogP contribution is 2.24. The molecule has 0 aliphatic rings. The second-order valence-corrected chi connectivity index (χ2v) is 6.45. The van der Waals surface area contributed by atoms with Gasteiger partial charge in [0.05, 0.1) is 6.04 Å². The first-order chi connectivity index (χ1) is 9.97. The zero-order valence-corrected chi connectivity index (χ0v) is 12.9. The standard InChI is InChI=1S/C15H15ClN2O2S/c1-10(17)15(19)18-12-3-2-4-14(9-12)21(20)13-7-5-11(16)6-8-13/h2-10H,17H2,1H3,(H,18,19). The van der Waals surface area contributed by atoms with Gasteiger partial charge in [0.2, 0.25) is 5.91 Å². The summed E-state index contributed by atoms with van der Waals surface area (Å²) >= 11 is 4.48. The molecule has 3 N–H and O–H groups in total. The lowest BCUT2D eigenvalue weighted by Crippen LogP contribution is -2.32. The molecule has 0 aliphatic carbocycles. The summed E-state index contributed by atoms with van der Waals surface area (Å²) in [6, 6.07) is 13.1. The first-order valence-corrected chi connectivity index (χ1v) is 7.84. The zero-order chi connectivity index (χ0) is 15.4. The van der Waals surface area contributed by atoms with Crippen LogP contribution in [0.4, 0.5) is 5.69 Å². The largest absolute Gasteiger partial charge is 0.606 e. The van der Waals surface area contributed by atoms with Gasteiger partial charge in [-0.1, -0.05) is 17.7 Å². The van der Waals surface area contributed by atoms with E-state index < -0.39 is 17.2 Å². The highest BCUT2D eigenvalue weighted by molar-refractivity contribution is 7.91. The molecule has 0 bridgehead atoms. The molecule has 0 aliphatic heterocycles. The number of hydrogen-bond donors (Lipinski definition) is 2. The van der Waals surface area contributed by atoms with Crippen molar-refractivity contribution in [3.63, 3.8) is 0 Å². The minimum atomic E-state index is -1.33. The van der Waals surface area contributed by atoms with E-state index in [0.717, 1.165) is 0 Å². The predicted molar refractivity (Wildman–Crippen MR) is 84.8 cm³/mol. The molecular formula is C15H15ClN2O2S. The summed E-state index contributed by atoms with van der Waals surface area (Å²) in [6.45, 7) is 1.60. The van der Waals surface area contributed by atoms with Crippen molar-refractivity contribution in [2.45, 2.75) is 22.8 Å². The lowest BCUT2D eigenvalue weighted by Gasteiger charge is -2.12. The molecule has 110 valence electrons. The molecule has 0 aromatic heterocycles. The van der Waals surface area contributed by atoms with Gasteiger partial charge in [-0.15, -0.1) is 0 Å². The number of carbonyl (C=O) groups is 1. The van der Waals surface area contributed by atoms with Crippen LogP contribution in [0.25, 0.3) is 0 Å². The maximum absolute atomic E-state index is 12.5. The van der Waals surface area contributed by atoms with Gasteiger partial charge in [0.25, 0.3) is 0 Å². The lowest BCUT2D eigenvalue weighted by atomic mass is 10.3. The summed E-state index contributed by atoms with van der Waals surface area (Å²) in [6.07, 6.45) is 0. The van der Waals surface area contributed by atoms with E-state index in [1.54, 1.807) is 55.5 Å². The smallest absolute Gasteiger partial charge is 0.241 e. The number of rotatable bonds is 4. The summed E-state index contributed by atoms with van der Waals surface area (Å²) in [5, 5.41) is 3.27. The van der Waals surface area contributed by atoms with Gasteiger partial charge in [0, 0.05) is 28.0 Å². The summed E-state index contributed by atoms with van der Waals surface area (Å²) in [4.78, 5) is 12.8. The molecule has 0 heterocycles. The van der Waals surface area contributed by atoms with Crippen LogP contribution in [0, 0.1) is 0 Å². The third-order valence-electron chi connectivity index (χ3n) is 2.76. The quantitative estimate of drug-likeness (QED) is 0.850.